The summed E-state index contributed by atoms with van der Waals surface area (Å²) in [6.07, 6.45) is 1.14. The number of hydrogen-bond donors (Lipinski definition) is 0. The number of carbonyl (C=O) groups is 1. The van der Waals surface area contributed by atoms with Crippen LogP contribution in [0.25, 0.3) is 0 Å². The third-order valence-electron chi connectivity index (χ3n) is 3.44. The van der Waals surface area contributed by atoms with E-state index in [1.807, 2.05) is 6.07 Å². The highest BCUT2D eigenvalue weighted by Gasteiger charge is 2.37. The zero-order valence-corrected chi connectivity index (χ0v) is 10.8. The molecule has 0 aromatic carbocycles. The second kappa shape index (κ2) is 3.77. The molecule has 96 valence electrons. The number of carbonyl (C=O) groups excluding carboxylic acids is 1. The summed E-state index contributed by atoms with van der Waals surface area (Å²) in [5.41, 5.74) is 0.736. The van der Waals surface area contributed by atoms with Crippen LogP contribution in [0.5, 0.6) is 0 Å². The van der Waals surface area contributed by atoms with Crippen LogP contribution in [-0.2, 0) is 4.79 Å². The van der Waals surface area contributed by atoms with Gasteiger partial charge in [0.2, 0.25) is 0 Å². The van der Waals surface area contributed by atoms with Gasteiger partial charge in [-0.25, -0.2) is 9.98 Å². The Morgan fingerprint density at radius 1 is 1.16 bits per heavy atom. The molecule has 0 radical (unpaired) electrons. The zero-order valence-electron chi connectivity index (χ0n) is 10.0. The fraction of sp³-hybridized carbons (Fsp3) is 0.333. The first-order valence-electron chi connectivity index (χ1n) is 6.12. The fourth-order valence-corrected chi connectivity index (χ4v) is 2.52. The Bertz CT molecular complexity index is 650. The molecular weight excluding hydrogens is 266 g/mol. The highest BCUT2D eigenvalue weighted by molar-refractivity contribution is 6.50. The van der Waals surface area contributed by atoms with Crippen molar-refractivity contribution in [3.8, 4) is 0 Å². The van der Waals surface area contributed by atoms with Crippen molar-refractivity contribution in [3.05, 3.63) is 17.3 Å². The summed E-state index contributed by atoms with van der Waals surface area (Å²) < 4.78 is 0. The summed E-state index contributed by atoms with van der Waals surface area (Å²) in [4.78, 5) is 28.5. The Balaban J connectivity index is 1.89. The number of fused-ring (bicyclic) bond motifs is 3. The van der Waals surface area contributed by atoms with Crippen LogP contribution in [0.3, 0.4) is 0 Å². The molecule has 6 nitrogen and oxygen atoms in total. The van der Waals surface area contributed by atoms with Gasteiger partial charge in [0, 0.05) is 13.1 Å². The SMILES string of the molecule is O=C1CN2C(=N1)C(N1CCC1)=Nc1ccc(Cl)nc12. The molecule has 0 bridgehead atoms. The predicted octanol–water partition coefficient (Wildman–Crippen LogP) is 1.23. The van der Waals surface area contributed by atoms with Gasteiger partial charge >= 0.3 is 0 Å². The number of nitrogens with zero attached hydrogens (tertiary/aromatic N) is 5. The van der Waals surface area contributed by atoms with Crippen LogP contribution in [-0.4, -0.2) is 47.1 Å². The molecule has 0 unspecified atom stereocenters. The van der Waals surface area contributed by atoms with Crippen molar-refractivity contribution in [3.63, 3.8) is 0 Å². The van der Waals surface area contributed by atoms with E-state index in [0.717, 1.165) is 31.0 Å². The van der Waals surface area contributed by atoms with Gasteiger partial charge < -0.3 is 4.90 Å². The zero-order chi connectivity index (χ0) is 13.0. The molecule has 3 aliphatic rings. The maximum absolute atomic E-state index is 11.6. The summed E-state index contributed by atoms with van der Waals surface area (Å²) in [6, 6.07) is 3.53. The van der Waals surface area contributed by atoms with Crippen LogP contribution in [0, 0.1) is 0 Å². The summed E-state index contributed by atoms with van der Waals surface area (Å²) in [7, 11) is 0. The van der Waals surface area contributed by atoms with E-state index in [4.69, 9.17) is 11.6 Å². The lowest BCUT2D eigenvalue weighted by Crippen LogP contribution is -2.51. The van der Waals surface area contributed by atoms with Crippen LogP contribution in [0.15, 0.2) is 22.1 Å². The van der Waals surface area contributed by atoms with E-state index in [-0.39, 0.29) is 12.5 Å². The Morgan fingerprint density at radius 3 is 2.74 bits per heavy atom. The monoisotopic (exact) mass is 275 g/mol. The maximum Gasteiger partial charge on any atom is 0.267 e. The van der Waals surface area contributed by atoms with Crippen LogP contribution in [0.4, 0.5) is 11.5 Å². The number of halogens is 1. The fourth-order valence-electron chi connectivity index (χ4n) is 2.38. The van der Waals surface area contributed by atoms with Crippen molar-refractivity contribution < 1.29 is 4.79 Å². The number of hydrogen-bond acceptors (Lipinski definition) is 5. The van der Waals surface area contributed by atoms with Gasteiger partial charge in [0.1, 0.15) is 17.4 Å². The highest BCUT2D eigenvalue weighted by Crippen LogP contribution is 2.35. The molecule has 7 heteroatoms. The van der Waals surface area contributed by atoms with Gasteiger partial charge in [-0.05, 0) is 18.6 Å². The summed E-state index contributed by atoms with van der Waals surface area (Å²) in [6.45, 7) is 2.12. The number of aromatic nitrogens is 1. The Labute approximate surface area is 114 Å². The highest BCUT2D eigenvalue weighted by atomic mass is 35.5. The molecule has 4 rings (SSSR count). The quantitative estimate of drug-likeness (QED) is 0.668. The van der Waals surface area contributed by atoms with E-state index >= 15 is 0 Å². The molecule has 1 fully saturated rings. The Kier molecular flexibility index (Phi) is 2.17. The predicted molar refractivity (Wildman–Crippen MR) is 72.3 cm³/mol. The average molecular weight is 276 g/mol. The summed E-state index contributed by atoms with van der Waals surface area (Å²) in [5, 5.41) is 0.389. The molecular formula is C12H10ClN5O. The van der Waals surface area contributed by atoms with Gasteiger partial charge in [-0.15, -0.1) is 0 Å². The first-order chi connectivity index (χ1) is 9.22. The minimum atomic E-state index is -0.169. The largest absolute Gasteiger partial charge is 0.353 e. The van der Waals surface area contributed by atoms with Crippen molar-refractivity contribution in [2.45, 2.75) is 6.42 Å². The smallest absolute Gasteiger partial charge is 0.267 e. The minimum Gasteiger partial charge on any atom is -0.353 e. The molecule has 1 aromatic rings. The van der Waals surface area contributed by atoms with Crippen molar-refractivity contribution in [1.82, 2.24) is 9.88 Å². The number of rotatable bonds is 0. The van der Waals surface area contributed by atoms with Crippen molar-refractivity contribution in [2.75, 3.05) is 24.5 Å². The Morgan fingerprint density at radius 2 is 2.00 bits per heavy atom. The molecule has 1 aromatic heterocycles. The van der Waals surface area contributed by atoms with Gasteiger partial charge in [0.05, 0.1) is 0 Å². The number of amidine groups is 2. The Hall–Kier alpha value is -1.95. The lowest BCUT2D eigenvalue weighted by Gasteiger charge is -2.37. The van der Waals surface area contributed by atoms with Crippen LogP contribution in [0.2, 0.25) is 5.15 Å². The van der Waals surface area contributed by atoms with E-state index in [1.165, 1.54) is 0 Å². The van der Waals surface area contributed by atoms with Crippen LogP contribution >= 0.6 is 11.6 Å². The summed E-state index contributed by atoms with van der Waals surface area (Å²) in [5.74, 6) is 1.82. The number of likely N-dealkylation sites (tertiary alicyclic amines) is 1. The third-order valence-corrected chi connectivity index (χ3v) is 3.65. The second-order valence-corrected chi connectivity index (χ2v) is 5.06. The van der Waals surface area contributed by atoms with Gasteiger partial charge in [-0.2, -0.15) is 4.99 Å². The number of pyridine rings is 1. The van der Waals surface area contributed by atoms with E-state index < -0.39 is 0 Å². The minimum absolute atomic E-state index is 0.169. The van der Waals surface area contributed by atoms with Crippen molar-refractivity contribution >= 4 is 40.7 Å². The van der Waals surface area contributed by atoms with E-state index in [2.05, 4.69) is 19.9 Å². The molecule has 4 heterocycles. The summed E-state index contributed by atoms with van der Waals surface area (Å²) >= 11 is 5.92. The molecule has 0 saturated carbocycles. The first kappa shape index (κ1) is 10.9. The van der Waals surface area contributed by atoms with Crippen molar-refractivity contribution in [1.29, 1.82) is 0 Å². The molecule has 3 aliphatic heterocycles. The van der Waals surface area contributed by atoms with Gasteiger partial charge in [0.25, 0.3) is 5.91 Å². The lowest BCUT2D eigenvalue weighted by molar-refractivity contribution is -0.115. The van der Waals surface area contributed by atoms with E-state index in [9.17, 15) is 4.79 Å². The van der Waals surface area contributed by atoms with Crippen molar-refractivity contribution in [2.24, 2.45) is 9.98 Å². The standard InChI is InChI=1S/C12H10ClN5O/c13-8-3-2-7-10(15-8)18-6-9(19)16-12(18)11(14-7)17-4-1-5-17/h2-3H,1,4-6H2. The topological polar surface area (TPSA) is 61.2 Å². The molecule has 0 atom stereocenters. The van der Waals surface area contributed by atoms with Gasteiger partial charge in [0.15, 0.2) is 17.5 Å². The maximum atomic E-state index is 11.6. The van der Waals surface area contributed by atoms with E-state index in [0.29, 0.717) is 16.8 Å². The number of anilines is 1. The molecule has 0 aliphatic carbocycles. The molecule has 1 amide bonds. The average Bonchev–Trinajstić information content (AvgIpc) is 2.70. The molecule has 0 N–H and O–H groups in total. The second-order valence-electron chi connectivity index (χ2n) is 4.67. The van der Waals surface area contributed by atoms with Crippen LogP contribution < -0.4 is 4.90 Å². The molecule has 0 spiro atoms. The number of amides is 1. The third kappa shape index (κ3) is 1.56. The number of aliphatic imine (C=N–C) groups is 2. The normalized spacial score (nSPS) is 20.6. The van der Waals surface area contributed by atoms with Crippen LogP contribution in [0.1, 0.15) is 6.42 Å². The first-order valence-corrected chi connectivity index (χ1v) is 6.50. The van der Waals surface area contributed by atoms with Gasteiger partial charge in [-0.3, -0.25) is 9.69 Å². The van der Waals surface area contributed by atoms with Gasteiger partial charge in [-0.1, -0.05) is 11.6 Å². The lowest BCUT2D eigenvalue weighted by atomic mass is 10.2. The molecule has 19 heavy (non-hydrogen) atoms. The van der Waals surface area contributed by atoms with E-state index in [1.54, 1.807) is 11.0 Å². The molecule has 1 saturated heterocycles.